The Bertz CT molecular complexity index is 976. The summed E-state index contributed by atoms with van der Waals surface area (Å²) >= 11 is 3.48. The Labute approximate surface area is 176 Å². The molecule has 2 aliphatic rings. The smallest absolute Gasteiger partial charge is 0.343 e. The summed E-state index contributed by atoms with van der Waals surface area (Å²) in [6.07, 6.45) is 1.63. The van der Waals surface area contributed by atoms with Crippen LogP contribution in [-0.4, -0.2) is 32.6 Å². The second-order valence-corrected chi connectivity index (χ2v) is 7.28. The van der Waals surface area contributed by atoms with E-state index in [2.05, 4.69) is 26.7 Å². The molecule has 1 aliphatic carbocycles. The monoisotopic (exact) mass is 462 g/mol. The molecule has 1 aromatic carbocycles. The van der Waals surface area contributed by atoms with E-state index in [-0.39, 0.29) is 23.8 Å². The van der Waals surface area contributed by atoms with Gasteiger partial charge in [-0.15, -0.1) is 0 Å². The number of rotatable bonds is 5. The number of hydrogen-bond donors (Lipinski definition) is 1. The SMILES string of the molecule is COC(=O)COc1cc(Br)c([C@H]2C(C#N)=C(N)OC3=C2C(=O)CCC3)cc1OC. The molecular formula is C20H19BrN2O6. The number of carbonyl (C=O) groups excluding carboxylic acids is 2. The first-order valence-corrected chi connectivity index (χ1v) is 9.61. The van der Waals surface area contributed by atoms with Crippen LogP contribution in [0.3, 0.4) is 0 Å². The summed E-state index contributed by atoms with van der Waals surface area (Å²) in [5.74, 6) is -0.174. The van der Waals surface area contributed by atoms with E-state index in [1.54, 1.807) is 12.1 Å². The fraction of sp³-hybridized carbons (Fsp3) is 0.350. The van der Waals surface area contributed by atoms with Gasteiger partial charge in [0, 0.05) is 22.9 Å². The Balaban J connectivity index is 2.10. The number of Topliss-reactive ketones (excluding diaryl/α,β-unsaturated/α-hetero) is 1. The van der Waals surface area contributed by atoms with Gasteiger partial charge in [0.05, 0.1) is 20.1 Å². The van der Waals surface area contributed by atoms with Gasteiger partial charge in [-0.05, 0) is 24.1 Å². The van der Waals surface area contributed by atoms with Gasteiger partial charge in [-0.3, -0.25) is 4.79 Å². The minimum atomic E-state index is -0.686. The summed E-state index contributed by atoms with van der Waals surface area (Å²) in [7, 11) is 2.72. The van der Waals surface area contributed by atoms with Crippen molar-refractivity contribution in [3.8, 4) is 17.6 Å². The molecule has 8 nitrogen and oxygen atoms in total. The molecule has 1 aliphatic heterocycles. The number of ketones is 1. The lowest BCUT2D eigenvalue weighted by molar-refractivity contribution is -0.142. The summed E-state index contributed by atoms with van der Waals surface area (Å²) in [6, 6.07) is 5.34. The third-order valence-corrected chi connectivity index (χ3v) is 5.46. The van der Waals surface area contributed by atoms with E-state index in [0.717, 1.165) is 0 Å². The van der Waals surface area contributed by atoms with Crippen LogP contribution in [-0.2, 0) is 19.1 Å². The molecule has 0 aromatic heterocycles. The zero-order valence-corrected chi connectivity index (χ0v) is 17.5. The normalized spacial score (nSPS) is 18.6. The van der Waals surface area contributed by atoms with E-state index in [0.29, 0.717) is 52.1 Å². The summed E-state index contributed by atoms with van der Waals surface area (Å²) in [4.78, 5) is 24.1. The van der Waals surface area contributed by atoms with Gasteiger partial charge in [0.1, 0.15) is 17.4 Å². The predicted octanol–water partition coefficient (Wildman–Crippen LogP) is 2.82. The summed E-state index contributed by atoms with van der Waals surface area (Å²) in [5, 5.41) is 9.69. The van der Waals surface area contributed by atoms with E-state index in [1.165, 1.54) is 14.2 Å². The molecular weight excluding hydrogens is 444 g/mol. The zero-order chi connectivity index (χ0) is 21.1. The van der Waals surface area contributed by atoms with Crippen molar-refractivity contribution < 1.29 is 28.5 Å². The number of nitriles is 1. The van der Waals surface area contributed by atoms with Crippen molar-refractivity contribution in [1.82, 2.24) is 0 Å². The zero-order valence-electron chi connectivity index (χ0n) is 15.9. The van der Waals surface area contributed by atoms with Gasteiger partial charge in [0.2, 0.25) is 5.88 Å². The third kappa shape index (κ3) is 3.93. The topological polar surface area (TPSA) is 121 Å². The molecule has 0 saturated carbocycles. The number of methoxy groups -OCH3 is 2. The molecule has 3 rings (SSSR count). The number of halogens is 1. The molecule has 0 spiro atoms. The highest BCUT2D eigenvalue weighted by Gasteiger charge is 2.39. The molecule has 0 bridgehead atoms. The fourth-order valence-electron chi connectivity index (χ4n) is 3.41. The van der Waals surface area contributed by atoms with Crippen LogP contribution >= 0.6 is 15.9 Å². The van der Waals surface area contributed by atoms with Crippen LogP contribution < -0.4 is 15.2 Å². The Hall–Kier alpha value is -2.99. The average Bonchev–Trinajstić information content (AvgIpc) is 2.71. The van der Waals surface area contributed by atoms with Gasteiger partial charge in [-0.1, -0.05) is 15.9 Å². The molecule has 1 aromatic rings. The van der Waals surface area contributed by atoms with Crippen LogP contribution in [0.5, 0.6) is 11.5 Å². The van der Waals surface area contributed by atoms with Crippen LogP contribution in [0.15, 0.2) is 39.4 Å². The maximum absolute atomic E-state index is 12.7. The second-order valence-electron chi connectivity index (χ2n) is 6.43. The van der Waals surface area contributed by atoms with Gasteiger partial charge >= 0.3 is 5.97 Å². The van der Waals surface area contributed by atoms with Gasteiger partial charge in [-0.25, -0.2) is 4.79 Å². The molecule has 0 saturated heterocycles. The number of ether oxygens (including phenoxy) is 4. The number of nitrogens with zero attached hydrogens (tertiary/aromatic N) is 1. The predicted molar refractivity (Wildman–Crippen MR) is 105 cm³/mol. The Kier molecular flexibility index (Phi) is 6.13. The maximum atomic E-state index is 12.7. The molecule has 0 amide bonds. The lowest BCUT2D eigenvalue weighted by Gasteiger charge is -2.31. The molecule has 0 fully saturated rings. The van der Waals surface area contributed by atoms with Crippen molar-refractivity contribution in [3.05, 3.63) is 45.0 Å². The van der Waals surface area contributed by atoms with Crippen molar-refractivity contribution in [3.63, 3.8) is 0 Å². The Morgan fingerprint density at radius 1 is 1.34 bits per heavy atom. The molecule has 9 heteroatoms. The van der Waals surface area contributed by atoms with Gasteiger partial charge in [0.15, 0.2) is 23.9 Å². The quantitative estimate of drug-likeness (QED) is 0.662. The number of carbonyl (C=O) groups is 2. The third-order valence-electron chi connectivity index (χ3n) is 4.77. The van der Waals surface area contributed by atoms with Gasteiger partial charge in [-0.2, -0.15) is 5.26 Å². The lowest BCUT2D eigenvalue weighted by atomic mass is 9.77. The van der Waals surface area contributed by atoms with Crippen LogP contribution in [0, 0.1) is 11.3 Å². The van der Waals surface area contributed by atoms with E-state index in [4.69, 9.17) is 19.9 Å². The number of benzene rings is 1. The first-order chi connectivity index (χ1) is 13.9. The molecule has 2 N–H and O–H groups in total. The van der Waals surface area contributed by atoms with Gasteiger partial charge in [0.25, 0.3) is 0 Å². The van der Waals surface area contributed by atoms with Crippen molar-refractivity contribution >= 4 is 27.7 Å². The summed E-state index contributed by atoms with van der Waals surface area (Å²) < 4.78 is 21.6. The Morgan fingerprint density at radius 3 is 2.76 bits per heavy atom. The number of hydrogen-bond acceptors (Lipinski definition) is 8. The van der Waals surface area contributed by atoms with Crippen molar-refractivity contribution in [2.75, 3.05) is 20.8 Å². The number of allylic oxidation sites excluding steroid dienone is 3. The lowest BCUT2D eigenvalue weighted by Crippen LogP contribution is -2.27. The highest BCUT2D eigenvalue weighted by Crippen LogP contribution is 2.47. The van der Waals surface area contributed by atoms with E-state index >= 15 is 0 Å². The highest BCUT2D eigenvalue weighted by atomic mass is 79.9. The first kappa shape index (κ1) is 20.7. The van der Waals surface area contributed by atoms with Crippen molar-refractivity contribution in [2.45, 2.75) is 25.2 Å². The van der Waals surface area contributed by atoms with Crippen molar-refractivity contribution in [2.24, 2.45) is 5.73 Å². The molecule has 0 unspecified atom stereocenters. The maximum Gasteiger partial charge on any atom is 0.343 e. The van der Waals surface area contributed by atoms with Gasteiger partial charge < -0.3 is 24.7 Å². The number of nitrogens with two attached hydrogens (primary N) is 1. The average molecular weight is 463 g/mol. The summed E-state index contributed by atoms with van der Waals surface area (Å²) in [5.41, 5.74) is 7.19. The van der Waals surface area contributed by atoms with Crippen LogP contribution in [0.1, 0.15) is 30.7 Å². The van der Waals surface area contributed by atoms with E-state index < -0.39 is 11.9 Å². The molecule has 152 valence electrons. The van der Waals surface area contributed by atoms with E-state index in [1.807, 2.05) is 0 Å². The second kappa shape index (κ2) is 8.57. The van der Waals surface area contributed by atoms with Crippen LogP contribution in [0.4, 0.5) is 0 Å². The standard InChI is InChI=1S/C20H19BrN2O6/c1-26-15-6-10(12(21)7-16(15)28-9-17(25)27-2)18-11(8-22)20(23)29-14-5-3-4-13(24)19(14)18/h6-7,18H,3-5,9,23H2,1-2H3/t18-/m0/s1. The highest BCUT2D eigenvalue weighted by molar-refractivity contribution is 9.10. The van der Waals surface area contributed by atoms with Crippen molar-refractivity contribution in [1.29, 1.82) is 5.26 Å². The molecule has 1 heterocycles. The fourth-order valence-corrected chi connectivity index (χ4v) is 3.96. The summed E-state index contributed by atoms with van der Waals surface area (Å²) in [6.45, 7) is -0.292. The van der Waals surface area contributed by atoms with Crippen LogP contribution in [0.25, 0.3) is 0 Å². The molecule has 29 heavy (non-hydrogen) atoms. The van der Waals surface area contributed by atoms with E-state index in [9.17, 15) is 14.9 Å². The first-order valence-electron chi connectivity index (χ1n) is 8.82. The molecule has 0 radical (unpaired) electrons. The van der Waals surface area contributed by atoms with Crippen LogP contribution in [0.2, 0.25) is 0 Å². The minimum Gasteiger partial charge on any atom is -0.493 e. The minimum absolute atomic E-state index is 0.0113. The molecule has 1 atom stereocenters. The number of esters is 1. The Morgan fingerprint density at radius 2 is 2.10 bits per heavy atom. The largest absolute Gasteiger partial charge is 0.493 e.